The number of nitrogens with zero attached hydrogens (tertiary/aromatic N) is 3. The second kappa shape index (κ2) is 4.82. The number of aromatic nitrogens is 3. The summed E-state index contributed by atoms with van der Waals surface area (Å²) in [6.45, 7) is 0. The fourth-order valence-corrected chi connectivity index (χ4v) is 2.28. The standard InChI is InChI=1S/C15H15N3O/c1-18-10-17-15-12(6-4-7-13(15)18)14(19)9-11-5-2-3-8-16-11/h2-8,10,14,19H,9H2,1H3. The van der Waals surface area contributed by atoms with Gasteiger partial charge in [0.2, 0.25) is 0 Å². The summed E-state index contributed by atoms with van der Waals surface area (Å²) in [5.74, 6) is 0. The molecule has 0 aliphatic heterocycles. The van der Waals surface area contributed by atoms with Crippen molar-refractivity contribution >= 4 is 11.0 Å². The van der Waals surface area contributed by atoms with Gasteiger partial charge >= 0.3 is 0 Å². The molecule has 4 heteroatoms. The van der Waals surface area contributed by atoms with Crippen LogP contribution >= 0.6 is 0 Å². The third kappa shape index (κ3) is 2.22. The molecule has 19 heavy (non-hydrogen) atoms. The molecule has 0 saturated carbocycles. The summed E-state index contributed by atoms with van der Waals surface area (Å²) in [5, 5.41) is 10.4. The maximum absolute atomic E-state index is 10.4. The predicted molar refractivity (Wildman–Crippen MR) is 73.6 cm³/mol. The summed E-state index contributed by atoms with van der Waals surface area (Å²) < 4.78 is 1.95. The van der Waals surface area contributed by atoms with E-state index in [2.05, 4.69) is 9.97 Å². The quantitative estimate of drug-likeness (QED) is 0.779. The molecule has 0 amide bonds. The minimum atomic E-state index is -0.589. The zero-order valence-corrected chi connectivity index (χ0v) is 10.7. The van der Waals surface area contributed by atoms with Crippen LogP contribution in [0.5, 0.6) is 0 Å². The number of fused-ring (bicyclic) bond motifs is 1. The van der Waals surface area contributed by atoms with Crippen LogP contribution < -0.4 is 0 Å². The Labute approximate surface area is 111 Å². The van der Waals surface area contributed by atoms with Crippen molar-refractivity contribution in [1.29, 1.82) is 0 Å². The van der Waals surface area contributed by atoms with Gasteiger partial charge in [0, 0.05) is 30.9 Å². The number of rotatable bonds is 3. The molecule has 3 rings (SSSR count). The molecule has 2 aromatic heterocycles. The molecule has 1 atom stereocenters. The maximum Gasteiger partial charge on any atom is 0.0955 e. The summed E-state index contributed by atoms with van der Waals surface area (Å²) in [5.41, 5.74) is 3.61. The highest BCUT2D eigenvalue weighted by Crippen LogP contribution is 2.24. The third-order valence-corrected chi connectivity index (χ3v) is 3.27. The van der Waals surface area contributed by atoms with Crippen LogP contribution in [0.1, 0.15) is 17.4 Å². The van der Waals surface area contributed by atoms with Gasteiger partial charge in [-0.25, -0.2) is 4.98 Å². The number of aryl methyl sites for hydroxylation is 1. The number of aliphatic hydroxyl groups is 1. The molecule has 1 unspecified atom stereocenters. The molecule has 0 aliphatic rings. The van der Waals surface area contributed by atoms with Crippen molar-refractivity contribution in [3.8, 4) is 0 Å². The second-order valence-corrected chi connectivity index (χ2v) is 4.61. The van der Waals surface area contributed by atoms with Crippen LogP contribution in [0.2, 0.25) is 0 Å². The van der Waals surface area contributed by atoms with Crippen molar-refractivity contribution < 1.29 is 5.11 Å². The van der Waals surface area contributed by atoms with Crippen molar-refractivity contribution in [3.05, 3.63) is 60.2 Å². The SMILES string of the molecule is Cn1cnc2c(C(O)Cc3ccccn3)cccc21. The third-order valence-electron chi connectivity index (χ3n) is 3.27. The zero-order chi connectivity index (χ0) is 13.2. The molecule has 96 valence electrons. The second-order valence-electron chi connectivity index (χ2n) is 4.61. The molecule has 3 aromatic rings. The Bertz CT molecular complexity index is 691. The number of aliphatic hydroxyl groups excluding tert-OH is 1. The first-order valence-corrected chi connectivity index (χ1v) is 6.23. The van der Waals surface area contributed by atoms with E-state index in [9.17, 15) is 5.11 Å². The molecule has 0 radical (unpaired) electrons. The minimum Gasteiger partial charge on any atom is -0.388 e. The number of pyridine rings is 1. The number of benzene rings is 1. The van der Waals surface area contributed by atoms with E-state index >= 15 is 0 Å². The molecule has 0 bridgehead atoms. The summed E-state index contributed by atoms with van der Waals surface area (Å²) in [6, 6.07) is 11.6. The lowest BCUT2D eigenvalue weighted by Crippen LogP contribution is -2.04. The van der Waals surface area contributed by atoms with Crippen LogP contribution in [0.15, 0.2) is 48.9 Å². The molecule has 1 aromatic carbocycles. The largest absolute Gasteiger partial charge is 0.388 e. The first kappa shape index (κ1) is 11.9. The maximum atomic E-state index is 10.4. The van der Waals surface area contributed by atoms with Gasteiger partial charge in [-0.3, -0.25) is 4.98 Å². The Morgan fingerprint density at radius 3 is 2.84 bits per heavy atom. The predicted octanol–water partition coefficient (Wildman–Crippen LogP) is 2.24. The van der Waals surface area contributed by atoms with Crippen LogP contribution in [0.3, 0.4) is 0 Å². The van der Waals surface area contributed by atoms with E-state index in [4.69, 9.17) is 0 Å². The lowest BCUT2D eigenvalue weighted by molar-refractivity contribution is 0.178. The van der Waals surface area contributed by atoms with Gasteiger partial charge < -0.3 is 9.67 Å². The summed E-state index contributed by atoms with van der Waals surface area (Å²) in [6.07, 6.45) is 3.41. The van der Waals surface area contributed by atoms with Crippen LogP contribution in [0.4, 0.5) is 0 Å². The van der Waals surface area contributed by atoms with E-state index in [-0.39, 0.29) is 0 Å². The highest BCUT2D eigenvalue weighted by atomic mass is 16.3. The van der Waals surface area contributed by atoms with E-state index in [1.165, 1.54) is 0 Å². The number of para-hydroxylation sites is 1. The van der Waals surface area contributed by atoms with E-state index in [0.717, 1.165) is 22.3 Å². The molecule has 0 aliphatic carbocycles. The number of hydrogen-bond donors (Lipinski definition) is 1. The van der Waals surface area contributed by atoms with Gasteiger partial charge in [0.15, 0.2) is 0 Å². The highest BCUT2D eigenvalue weighted by Gasteiger charge is 2.14. The van der Waals surface area contributed by atoms with E-state index in [1.807, 2.05) is 48.0 Å². The molecule has 0 fully saturated rings. The molecular weight excluding hydrogens is 238 g/mol. The first-order valence-electron chi connectivity index (χ1n) is 6.23. The van der Waals surface area contributed by atoms with Crippen LogP contribution in [-0.4, -0.2) is 19.6 Å². The van der Waals surface area contributed by atoms with Gasteiger partial charge in [-0.15, -0.1) is 0 Å². The van der Waals surface area contributed by atoms with Gasteiger partial charge in [0.05, 0.1) is 23.5 Å². The van der Waals surface area contributed by atoms with Gasteiger partial charge in [0.25, 0.3) is 0 Å². The van der Waals surface area contributed by atoms with Crippen LogP contribution in [0, 0.1) is 0 Å². The molecule has 0 saturated heterocycles. The van der Waals surface area contributed by atoms with Gasteiger partial charge in [0.1, 0.15) is 0 Å². The lowest BCUT2D eigenvalue weighted by Gasteiger charge is -2.11. The Morgan fingerprint density at radius 2 is 2.05 bits per heavy atom. The normalized spacial score (nSPS) is 12.7. The average molecular weight is 253 g/mol. The van der Waals surface area contributed by atoms with Crippen LogP contribution in [0.25, 0.3) is 11.0 Å². The summed E-state index contributed by atoms with van der Waals surface area (Å²) in [7, 11) is 1.95. The fourth-order valence-electron chi connectivity index (χ4n) is 2.28. The zero-order valence-electron chi connectivity index (χ0n) is 10.7. The molecule has 4 nitrogen and oxygen atoms in total. The molecule has 1 N–H and O–H groups in total. The average Bonchev–Trinajstić information content (AvgIpc) is 2.82. The van der Waals surface area contributed by atoms with E-state index < -0.39 is 6.10 Å². The monoisotopic (exact) mass is 253 g/mol. The van der Waals surface area contributed by atoms with Crippen molar-refractivity contribution in [1.82, 2.24) is 14.5 Å². The van der Waals surface area contributed by atoms with Crippen molar-refractivity contribution in [2.75, 3.05) is 0 Å². The van der Waals surface area contributed by atoms with Crippen molar-refractivity contribution in [2.24, 2.45) is 7.05 Å². The minimum absolute atomic E-state index is 0.497. The van der Waals surface area contributed by atoms with E-state index in [1.54, 1.807) is 12.5 Å². The first-order chi connectivity index (χ1) is 9.25. The smallest absolute Gasteiger partial charge is 0.0955 e. The lowest BCUT2D eigenvalue weighted by atomic mass is 10.0. The van der Waals surface area contributed by atoms with Gasteiger partial charge in [-0.1, -0.05) is 18.2 Å². The number of hydrogen-bond acceptors (Lipinski definition) is 3. The Balaban J connectivity index is 1.96. The van der Waals surface area contributed by atoms with Crippen molar-refractivity contribution in [3.63, 3.8) is 0 Å². The van der Waals surface area contributed by atoms with E-state index in [0.29, 0.717) is 6.42 Å². The van der Waals surface area contributed by atoms with Gasteiger partial charge in [-0.2, -0.15) is 0 Å². The topological polar surface area (TPSA) is 50.9 Å². The molecular formula is C15H15N3O. The Morgan fingerprint density at radius 1 is 1.16 bits per heavy atom. The highest BCUT2D eigenvalue weighted by molar-refractivity contribution is 5.79. The Hall–Kier alpha value is -2.20. The number of imidazole rings is 1. The summed E-state index contributed by atoms with van der Waals surface area (Å²) in [4.78, 5) is 8.61. The fraction of sp³-hybridized carbons (Fsp3) is 0.200. The molecule has 2 heterocycles. The Kier molecular flexibility index (Phi) is 3.01. The van der Waals surface area contributed by atoms with Crippen molar-refractivity contribution in [2.45, 2.75) is 12.5 Å². The summed E-state index contributed by atoms with van der Waals surface area (Å²) >= 11 is 0. The molecule has 0 spiro atoms. The van der Waals surface area contributed by atoms with Gasteiger partial charge in [-0.05, 0) is 18.2 Å². The van der Waals surface area contributed by atoms with Crippen LogP contribution in [-0.2, 0) is 13.5 Å².